The number of allylic oxidation sites excluding steroid dienone is 2. The van der Waals surface area contributed by atoms with Gasteiger partial charge in [-0.3, -0.25) is 14.4 Å². The van der Waals surface area contributed by atoms with E-state index in [0.29, 0.717) is 17.1 Å². The van der Waals surface area contributed by atoms with Crippen LogP contribution in [0, 0.1) is 6.92 Å². The molecule has 1 aliphatic rings. The van der Waals surface area contributed by atoms with E-state index in [9.17, 15) is 14.4 Å². The third-order valence-electron chi connectivity index (χ3n) is 3.66. The van der Waals surface area contributed by atoms with Crippen molar-refractivity contribution < 1.29 is 14.4 Å². The fourth-order valence-electron chi connectivity index (χ4n) is 2.41. The molecule has 0 aliphatic heterocycles. The second-order valence-corrected chi connectivity index (χ2v) is 6.20. The molecule has 26 heavy (non-hydrogen) atoms. The molecule has 0 saturated carbocycles. The number of anilines is 1. The summed E-state index contributed by atoms with van der Waals surface area (Å²) in [4.78, 5) is 41.4. The molecule has 2 N–H and O–H groups in total. The topological polar surface area (TPSA) is 90.9 Å². The molecule has 2 amide bonds. The van der Waals surface area contributed by atoms with Crippen molar-refractivity contribution in [3.05, 3.63) is 47.3 Å². The number of aliphatic imine (C=N–C) groups is 1. The quantitative estimate of drug-likeness (QED) is 0.806. The molecule has 1 aromatic carbocycles. The van der Waals surface area contributed by atoms with Gasteiger partial charge in [0.1, 0.15) is 0 Å². The highest BCUT2D eigenvalue weighted by Crippen LogP contribution is 2.25. The smallest absolute Gasteiger partial charge is 0.221 e. The molecule has 1 aliphatic carbocycles. The van der Waals surface area contributed by atoms with Gasteiger partial charge in [0, 0.05) is 39.7 Å². The van der Waals surface area contributed by atoms with Crippen LogP contribution >= 0.6 is 0 Å². The average Bonchev–Trinajstić information content (AvgIpc) is 2.52. The van der Waals surface area contributed by atoms with Crippen molar-refractivity contribution >= 4 is 34.7 Å². The summed E-state index contributed by atoms with van der Waals surface area (Å²) in [6.45, 7) is 4.61. The van der Waals surface area contributed by atoms with Gasteiger partial charge in [0.2, 0.25) is 17.6 Å². The number of nitrogens with one attached hydrogen (secondary N) is 2. The van der Waals surface area contributed by atoms with Crippen LogP contribution in [0.25, 0.3) is 0 Å². The Morgan fingerprint density at radius 2 is 1.62 bits per heavy atom. The highest BCUT2D eigenvalue weighted by atomic mass is 16.2. The van der Waals surface area contributed by atoms with Gasteiger partial charge >= 0.3 is 0 Å². The fraction of sp³-hybridized carbons (Fsp3) is 0.263. The van der Waals surface area contributed by atoms with E-state index in [0.717, 1.165) is 11.3 Å². The van der Waals surface area contributed by atoms with Crippen LogP contribution in [0.3, 0.4) is 0 Å². The molecule has 136 valence electrons. The zero-order valence-corrected chi connectivity index (χ0v) is 15.5. The Labute approximate surface area is 152 Å². The van der Waals surface area contributed by atoms with Gasteiger partial charge in [-0.15, -0.1) is 0 Å². The number of benzene rings is 1. The summed E-state index contributed by atoms with van der Waals surface area (Å²) < 4.78 is 0. The van der Waals surface area contributed by atoms with Crippen molar-refractivity contribution in [2.75, 3.05) is 19.0 Å². The minimum atomic E-state index is -0.400. The molecule has 1 aromatic rings. The number of hydrogen-bond acceptors (Lipinski definition) is 5. The third kappa shape index (κ3) is 4.66. The Balaban J connectivity index is 2.49. The van der Waals surface area contributed by atoms with Crippen molar-refractivity contribution in [3.63, 3.8) is 0 Å². The first-order valence-corrected chi connectivity index (χ1v) is 8.07. The van der Waals surface area contributed by atoms with Crippen LogP contribution in [0.1, 0.15) is 19.4 Å². The van der Waals surface area contributed by atoms with Gasteiger partial charge in [-0.25, -0.2) is 4.99 Å². The van der Waals surface area contributed by atoms with Gasteiger partial charge in [0.15, 0.2) is 0 Å². The molecule has 0 aromatic heterocycles. The normalized spacial score (nSPS) is 15.3. The predicted octanol–water partition coefficient (Wildman–Crippen LogP) is 1.76. The summed E-state index contributed by atoms with van der Waals surface area (Å²) in [7, 11) is 3.90. The lowest BCUT2D eigenvalue weighted by molar-refractivity contribution is -0.120. The first-order valence-electron chi connectivity index (χ1n) is 8.07. The van der Waals surface area contributed by atoms with Gasteiger partial charge in [-0.1, -0.05) is 0 Å². The minimum absolute atomic E-state index is 0.118. The first kappa shape index (κ1) is 19.1. The lowest BCUT2D eigenvalue weighted by atomic mass is 10.0. The second kappa shape index (κ2) is 7.77. The van der Waals surface area contributed by atoms with Crippen LogP contribution in [0.15, 0.2) is 46.7 Å². The van der Waals surface area contributed by atoms with Crippen LogP contribution in [-0.2, 0) is 14.4 Å². The van der Waals surface area contributed by atoms with Crippen LogP contribution in [0.5, 0.6) is 0 Å². The van der Waals surface area contributed by atoms with Crippen molar-refractivity contribution in [2.24, 2.45) is 4.99 Å². The molecule has 2 rings (SSSR count). The van der Waals surface area contributed by atoms with Gasteiger partial charge in [0.25, 0.3) is 0 Å². The molecule has 0 heterocycles. The Morgan fingerprint density at radius 3 is 2.15 bits per heavy atom. The number of carbonyl (C=O) groups is 3. The Kier molecular flexibility index (Phi) is 5.71. The van der Waals surface area contributed by atoms with Crippen molar-refractivity contribution in [3.8, 4) is 0 Å². The lowest BCUT2D eigenvalue weighted by Crippen LogP contribution is -2.32. The first-order chi connectivity index (χ1) is 12.2. The predicted molar refractivity (Wildman–Crippen MR) is 101 cm³/mol. The van der Waals surface area contributed by atoms with Gasteiger partial charge in [0.05, 0.1) is 22.8 Å². The summed E-state index contributed by atoms with van der Waals surface area (Å²) in [5.74, 6) is -1.07. The maximum Gasteiger partial charge on any atom is 0.221 e. The van der Waals surface area contributed by atoms with E-state index in [1.54, 1.807) is 0 Å². The highest BCUT2D eigenvalue weighted by Gasteiger charge is 2.20. The van der Waals surface area contributed by atoms with E-state index in [1.807, 2.05) is 44.1 Å². The molecule has 0 radical (unpaired) electrons. The van der Waals surface area contributed by atoms with Crippen LogP contribution in [0.2, 0.25) is 0 Å². The Bertz CT molecular complexity index is 864. The molecule has 0 fully saturated rings. The number of amides is 2. The zero-order valence-electron chi connectivity index (χ0n) is 15.5. The maximum absolute atomic E-state index is 12.1. The summed E-state index contributed by atoms with van der Waals surface area (Å²) in [6, 6.07) is 5.79. The van der Waals surface area contributed by atoms with Crippen LogP contribution in [0.4, 0.5) is 11.4 Å². The molecule has 0 unspecified atom stereocenters. The van der Waals surface area contributed by atoms with Crippen LogP contribution in [-0.4, -0.2) is 37.4 Å². The number of rotatable bonds is 4. The summed E-state index contributed by atoms with van der Waals surface area (Å²) >= 11 is 0. The minimum Gasteiger partial charge on any atom is -0.378 e. The van der Waals surface area contributed by atoms with Crippen molar-refractivity contribution in [2.45, 2.75) is 20.8 Å². The van der Waals surface area contributed by atoms with Gasteiger partial charge in [-0.05, 0) is 36.8 Å². The molecule has 0 saturated heterocycles. The van der Waals surface area contributed by atoms with Gasteiger partial charge in [-0.2, -0.15) is 0 Å². The number of carbonyl (C=O) groups excluding carboxylic acids is 3. The number of ketones is 1. The van der Waals surface area contributed by atoms with E-state index in [2.05, 4.69) is 15.6 Å². The number of aryl methyl sites for hydroxylation is 1. The molecule has 0 spiro atoms. The standard InChI is InChI=1S/C19H22N4O3/c1-11-8-14(23(4)5)6-7-15(11)22-16-9-18(21-13(3)25)19(26)10-17(16)20-12(2)24/h6-10H,1-5H3,(H,20,24)(H,21,25). The molecule has 7 heteroatoms. The second-order valence-electron chi connectivity index (χ2n) is 6.20. The summed E-state index contributed by atoms with van der Waals surface area (Å²) in [6.07, 6.45) is 2.73. The van der Waals surface area contributed by atoms with E-state index >= 15 is 0 Å². The molecule has 0 atom stereocenters. The summed E-state index contributed by atoms with van der Waals surface area (Å²) in [5.41, 5.74) is 3.49. The van der Waals surface area contributed by atoms with E-state index in [1.165, 1.54) is 26.0 Å². The maximum atomic E-state index is 12.1. The number of hydrogen-bond donors (Lipinski definition) is 2. The van der Waals surface area contributed by atoms with Gasteiger partial charge < -0.3 is 15.5 Å². The lowest BCUT2D eigenvalue weighted by Gasteiger charge is -2.17. The SMILES string of the molecule is CC(=O)NC1=CC(=Nc2ccc(N(C)C)cc2C)C(NC(C)=O)=CC1=O. The average molecular weight is 354 g/mol. The molecule has 0 bridgehead atoms. The molecular weight excluding hydrogens is 332 g/mol. The third-order valence-corrected chi connectivity index (χ3v) is 3.66. The Hall–Kier alpha value is -3.22. The Morgan fingerprint density at radius 1 is 1.00 bits per heavy atom. The highest BCUT2D eigenvalue weighted by molar-refractivity contribution is 6.23. The van der Waals surface area contributed by atoms with E-state index in [4.69, 9.17) is 0 Å². The number of nitrogens with zero attached hydrogens (tertiary/aromatic N) is 2. The monoisotopic (exact) mass is 354 g/mol. The van der Waals surface area contributed by atoms with Crippen molar-refractivity contribution in [1.29, 1.82) is 0 Å². The molecule has 7 nitrogen and oxygen atoms in total. The zero-order chi connectivity index (χ0) is 19.4. The van der Waals surface area contributed by atoms with E-state index in [-0.39, 0.29) is 17.5 Å². The van der Waals surface area contributed by atoms with Crippen molar-refractivity contribution in [1.82, 2.24) is 10.6 Å². The summed E-state index contributed by atoms with van der Waals surface area (Å²) in [5, 5.41) is 5.10. The van der Waals surface area contributed by atoms with E-state index < -0.39 is 5.78 Å². The fourth-order valence-corrected chi connectivity index (χ4v) is 2.41. The van der Waals surface area contributed by atoms with Crippen LogP contribution < -0.4 is 15.5 Å². The largest absolute Gasteiger partial charge is 0.378 e. The molecular formula is C19H22N4O3.